The molecule has 2 aromatic rings. The molecule has 7 heteroatoms. The molecule has 25 heavy (non-hydrogen) atoms. The van der Waals surface area contributed by atoms with Crippen molar-refractivity contribution in [2.75, 3.05) is 20.8 Å². The van der Waals surface area contributed by atoms with Crippen molar-refractivity contribution in [3.8, 4) is 5.75 Å². The van der Waals surface area contributed by atoms with E-state index in [0.717, 1.165) is 25.0 Å². The summed E-state index contributed by atoms with van der Waals surface area (Å²) in [4.78, 5) is 23.6. The van der Waals surface area contributed by atoms with Crippen molar-refractivity contribution >= 4 is 11.9 Å². The molecule has 1 aromatic heterocycles. The van der Waals surface area contributed by atoms with Crippen LogP contribution in [-0.4, -0.2) is 37.8 Å². The third-order valence-electron chi connectivity index (χ3n) is 4.43. The topological polar surface area (TPSA) is 90.7 Å². The van der Waals surface area contributed by atoms with E-state index in [-0.39, 0.29) is 23.3 Å². The van der Waals surface area contributed by atoms with Gasteiger partial charge in [0.2, 0.25) is 5.76 Å². The van der Waals surface area contributed by atoms with E-state index in [1.54, 1.807) is 7.11 Å². The van der Waals surface area contributed by atoms with Crippen LogP contribution in [0.5, 0.6) is 5.75 Å². The van der Waals surface area contributed by atoms with Gasteiger partial charge in [-0.15, -0.1) is 0 Å². The number of fused-ring (bicyclic) bond motifs is 1. The fourth-order valence-electron chi connectivity index (χ4n) is 3.12. The number of amides is 1. The lowest BCUT2D eigenvalue weighted by Gasteiger charge is -2.26. The molecule has 0 saturated heterocycles. The first-order valence-corrected chi connectivity index (χ1v) is 8.12. The van der Waals surface area contributed by atoms with Crippen molar-refractivity contribution in [2.45, 2.75) is 25.2 Å². The minimum Gasteiger partial charge on any atom is -0.497 e. The van der Waals surface area contributed by atoms with Crippen LogP contribution in [0.1, 0.15) is 50.9 Å². The van der Waals surface area contributed by atoms with Gasteiger partial charge in [-0.3, -0.25) is 4.79 Å². The second-order valence-electron chi connectivity index (χ2n) is 5.93. The van der Waals surface area contributed by atoms with Crippen LogP contribution in [0, 0.1) is 0 Å². The zero-order valence-corrected chi connectivity index (χ0v) is 14.2. The maximum atomic E-state index is 12.2. The molecule has 1 heterocycles. The highest BCUT2D eigenvalue weighted by atomic mass is 16.5. The predicted octanol–water partition coefficient (Wildman–Crippen LogP) is 2.32. The number of aromatic nitrogens is 1. The Morgan fingerprint density at radius 3 is 2.92 bits per heavy atom. The summed E-state index contributed by atoms with van der Waals surface area (Å²) in [5.74, 6) is -0.0454. The van der Waals surface area contributed by atoms with Gasteiger partial charge in [-0.25, -0.2) is 4.79 Å². The molecule has 0 saturated carbocycles. The molecule has 0 spiro atoms. The highest BCUT2D eigenvalue weighted by Crippen LogP contribution is 2.33. The lowest BCUT2D eigenvalue weighted by atomic mass is 9.82. The molecular formula is C18H20N2O5. The first-order valence-electron chi connectivity index (χ1n) is 8.12. The molecule has 7 nitrogen and oxygen atoms in total. The van der Waals surface area contributed by atoms with Gasteiger partial charge >= 0.3 is 5.97 Å². The summed E-state index contributed by atoms with van der Waals surface area (Å²) in [6.45, 7) is 0.499. The molecule has 1 atom stereocenters. The molecule has 1 aromatic carbocycles. The van der Waals surface area contributed by atoms with E-state index in [4.69, 9.17) is 9.26 Å². The number of carbonyl (C=O) groups excluding carboxylic acids is 2. The van der Waals surface area contributed by atoms with E-state index < -0.39 is 5.97 Å². The third kappa shape index (κ3) is 3.65. The Morgan fingerprint density at radius 1 is 1.32 bits per heavy atom. The van der Waals surface area contributed by atoms with Gasteiger partial charge in [0.1, 0.15) is 5.75 Å². The van der Waals surface area contributed by atoms with Crippen molar-refractivity contribution < 1.29 is 23.6 Å². The lowest BCUT2D eigenvalue weighted by molar-refractivity contribution is 0.0554. The van der Waals surface area contributed by atoms with Crippen LogP contribution in [0.2, 0.25) is 0 Å². The summed E-state index contributed by atoms with van der Waals surface area (Å²) in [5.41, 5.74) is 2.56. The maximum absolute atomic E-state index is 12.2. The number of carbonyl (C=O) groups is 2. The molecule has 0 radical (unpaired) electrons. The Hall–Kier alpha value is -2.83. The van der Waals surface area contributed by atoms with E-state index in [2.05, 4.69) is 27.3 Å². The fraction of sp³-hybridized carbons (Fsp3) is 0.389. The minimum absolute atomic E-state index is 0.0613. The van der Waals surface area contributed by atoms with Crippen molar-refractivity contribution in [3.05, 3.63) is 46.8 Å². The Bertz CT molecular complexity index is 784. The number of hydrogen-bond donors (Lipinski definition) is 1. The fourth-order valence-corrected chi connectivity index (χ4v) is 3.12. The van der Waals surface area contributed by atoms with Gasteiger partial charge in [0, 0.05) is 18.5 Å². The molecule has 132 valence electrons. The number of nitrogens with one attached hydrogen (secondary N) is 1. The molecule has 0 bridgehead atoms. The normalized spacial score (nSPS) is 16.0. The molecule has 0 aliphatic heterocycles. The van der Waals surface area contributed by atoms with Crippen LogP contribution < -0.4 is 10.1 Å². The van der Waals surface area contributed by atoms with Gasteiger partial charge in [0.25, 0.3) is 5.91 Å². The molecular weight excluding hydrogens is 324 g/mol. The highest BCUT2D eigenvalue weighted by Gasteiger charge is 2.23. The average Bonchev–Trinajstić information content (AvgIpc) is 3.15. The average molecular weight is 344 g/mol. The second kappa shape index (κ2) is 7.38. The van der Waals surface area contributed by atoms with Crippen LogP contribution in [0.15, 0.2) is 28.8 Å². The minimum atomic E-state index is -0.665. The summed E-state index contributed by atoms with van der Waals surface area (Å²) in [5, 5.41) is 6.48. The molecule has 1 amide bonds. The van der Waals surface area contributed by atoms with Crippen LogP contribution in [0.25, 0.3) is 0 Å². The van der Waals surface area contributed by atoms with Gasteiger partial charge in [0.05, 0.1) is 14.2 Å². The van der Waals surface area contributed by atoms with Gasteiger partial charge in [-0.2, -0.15) is 0 Å². The molecule has 0 fully saturated rings. The first kappa shape index (κ1) is 17.0. The first-order chi connectivity index (χ1) is 12.1. The Kier molecular flexibility index (Phi) is 5.02. The van der Waals surface area contributed by atoms with E-state index in [0.29, 0.717) is 6.54 Å². The van der Waals surface area contributed by atoms with Crippen molar-refractivity contribution in [1.29, 1.82) is 0 Å². The monoisotopic (exact) mass is 344 g/mol. The van der Waals surface area contributed by atoms with Crippen molar-refractivity contribution in [3.63, 3.8) is 0 Å². The van der Waals surface area contributed by atoms with E-state index in [1.807, 2.05) is 6.07 Å². The van der Waals surface area contributed by atoms with Crippen molar-refractivity contribution in [2.24, 2.45) is 0 Å². The standard InChI is InChI=1S/C18H20N2O5/c1-23-13-6-7-14-11(8-13)4-3-5-12(14)10-19-17(21)15-9-16(25-20-15)18(22)24-2/h6-9,12H,3-5,10H2,1-2H3,(H,19,21)/t12-/m0/s1. The number of methoxy groups -OCH3 is 2. The number of hydrogen-bond acceptors (Lipinski definition) is 6. The van der Waals surface area contributed by atoms with E-state index >= 15 is 0 Å². The number of benzene rings is 1. The second-order valence-corrected chi connectivity index (χ2v) is 5.93. The van der Waals surface area contributed by atoms with Crippen molar-refractivity contribution in [1.82, 2.24) is 10.5 Å². The largest absolute Gasteiger partial charge is 0.497 e. The number of aryl methyl sites for hydroxylation is 1. The van der Waals surface area contributed by atoms with Crippen LogP contribution in [0.4, 0.5) is 0 Å². The molecule has 1 N–H and O–H groups in total. The zero-order valence-electron chi connectivity index (χ0n) is 14.2. The molecule has 1 aliphatic carbocycles. The quantitative estimate of drug-likeness (QED) is 0.837. The Morgan fingerprint density at radius 2 is 2.16 bits per heavy atom. The lowest BCUT2D eigenvalue weighted by Crippen LogP contribution is -2.30. The SMILES string of the molecule is COC(=O)c1cc(C(=O)NC[C@@H]2CCCc3cc(OC)ccc32)no1. The summed E-state index contributed by atoms with van der Waals surface area (Å²) >= 11 is 0. The summed E-state index contributed by atoms with van der Waals surface area (Å²) < 4.78 is 14.6. The highest BCUT2D eigenvalue weighted by molar-refractivity contribution is 5.95. The summed E-state index contributed by atoms with van der Waals surface area (Å²) in [6, 6.07) is 7.35. The van der Waals surface area contributed by atoms with E-state index in [1.165, 1.54) is 24.3 Å². The number of rotatable bonds is 5. The smallest absolute Gasteiger partial charge is 0.376 e. The molecule has 1 aliphatic rings. The van der Waals surface area contributed by atoms with E-state index in [9.17, 15) is 9.59 Å². The Balaban J connectivity index is 1.65. The Labute approximate surface area is 145 Å². The van der Waals surface area contributed by atoms with Crippen LogP contribution in [0.3, 0.4) is 0 Å². The molecule has 3 rings (SSSR count). The number of esters is 1. The van der Waals surface area contributed by atoms with Crippen LogP contribution >= 0.6 is 0 Å². The molecule has 0 unspecified atom stereocenters. The van der Waals surface area contributed by atoms with Gasteiger partial charge in [0.15, 0.2) is 5.69 Å². The maximum Gasteiger partial charge on any atom is 0.376 e. The number of ether oxygens (including phenoxy) is 2. The van der Waals surface area contributed by atoms with Crippen LogP contribution in [-0.2, 0) is 11.2 Å². The summed E-state index contributed by atoms with van der Waals surface area (Å²) in [6.07, 6.45) is 3.09. The third-order valence-corrected chi connectivity index (χ3v) is 4.43. The van der Waals surface area contributed by atoms with Gasteiger partial charge < -0.3 is 19.3 Å². The van der Waals surface area contributed by atoms with Gasteiger partial charge in [-0.1, -0.05) is 11.2 Å². The predicted molar refractivity (Wildman–Crippen MR) is 88.8 cm³/mol. The zero-order chi connectivity index (χ0) is 17.8. The number of nitrogens with zero attached hydrogens (tertiary/aromatic N) is 1. The van der Waals surface area contributed by atoms with Gasteiger partial charge in [-0.05, 0) is 42.5 Å². The summed E-state index contributed by atoms with van der Waals surface area (Å²) in [7, 11) is 2.89.